The van der Waals surface area contributed by atoms with Crippen LogP contribution in [0.5, 0.6) is 0 Å². The Labute approximate surface area is 93.5 Å². The van der Waals surface area contributed by atoms with E-state index in [0.717, 1.165) is 5.56 Å². The minimum absolute atomic E-state index is 0.145. The van der Waals surface area contributed by atoms with Gasteiger partial charge in [-0.3, -0.25) is 0 Å². The molecule has 2 unspecified atom stereocenters. The molecule has 0 spiro atoms. The van der Waals surface area contributed by atoms with Crippen LogP contribution in [0.3, 0.4) is 0 Å². The Hall–Kier alpha value is 0.130. The second kappa shape index (κ2) is 3.07. The van der Waals surface area contributed by atoms with Gasteiger partial charge in [0, 0.05) is 0 Å². The molecule has 0 N–H and O–H groups in total. The molecular weight excluding hydrogens is 320 g/mol. The topological polar surface area (TPSA) is 34.1 Å². The molecule has 2 atom stereocenters. The number of fused-ring (bicyclic) bond motifs is 1. The normalized spacial score (nSPS) is 30.0. The molecule has 0 radical (unpaired) electrons. The van der Waals surface area contributed by atoms with Gasteiger partial charge < -0.3 is 0 Å². The Balaban J connectivity index is 2.76. The minimum atomic E-state index is -3.16. The van der Waals surface area contributed by atoms with Crippen LogP contribution in [0.2, 0.25) is 0 Å². The van der Waals surface area contributed by atoms with E-state index in [4.69, 9.17) is 0 Å². The van der Waals surface area contributed by atoms with Gasteiger partial charge in [-0.1, -0.05) is 50.1 Å². The summed E-state index contributed by atoms with van der Waals surface area (Å²) < 4.78 is 22.9. The fourth-order valence-electron chi connectivity index (χ4n) is 1.39. The van der Waals surface area contributed by atoms with Crippen molar-refractivity contribution in [2.75, 3.05) is 0 Å². The summed E-state index contributed by atoms with van der Waals surface area (Å²) in [4.78, 5) is 0.285. The molecule has 70 valence electrons. The number of hydrogen-bond acceptors (Lipinski definition) is 2. The zero-order valence-corrected chi connectivity index (χ0v) is 10.4. The number of benzene rings is 1. The van der Waals surface area contributed by atoms with Crippen LogP contribution in [-0.4, -0.2) is 12.6 Å². The van der Waals surface area contributed by atoms with E-state index in [2.05, 4.69) is 31.9 Å². The van der Waals surface area contributed by atoms with Gasteiger partial charge in [-0.05, 0) is 11.6 Å². The van der Waals surface area contributed by atoms with Gasteiger partial charge in [0.2, 0.25) is 0 Å². The molecule has 2 rings (SSSR count). The lowest BCUT2D eigenvalue weighted by Crippen LogP contribution is -2.09. The van der Waals surface area contributed by atoms with E-state index in [1.165, 1.54) is 0 Å². The van der Waals surface area contributed by atoms with Crippen LogP contribution in [-0.2, 0) is 9.84 Å². The first kappa shape index (κ1) is 9.68. The predicted octanol–water partition coefficient (Wildman–Crippen LogP) is 2.63. The van der Waals surface area contributed by atoms with Crippen LogP contribution < -0.4 is 0 Å². The van der Waals surface area contributed by atoms with Crippen LogP contribution in [0.15, 0.2) is 29.2 Å². The summed E-state index contributed by atoms with van der Waals surface area (Å²) in [6, 6.07) is 7.04. The quantitative estimate of drug-likeness (QED) is 0.687. The summed E-state index contributed by atoms with van der Waals surface area (Å²) in [7, 11) is -3.16. The average molecular weight is 326 g/mol. The van der Waals surface area contributed by atoms with Crippen LogP contribution in [0.4, 0.5) is 0 Å². The molecule has 1 aromatic carbocycles. The molecule has 2 nitrogen and oxygen atoms in total. The maximum Gasteiger partial charge on any atom is 0.192 e. The number of rotatable bonds is 0. The third-order valence-corrected chi connectivity index (χ3v) is 7.99. The molecule has 1 aliphatic heterocycles. The van der Waals surface area contributed by atoms with Crippen molar-refractivity contribution in [2.24, 2.45) is 0 Å². The first-order valence-electron chi connectivity index (χ1n) is 3.66. The summed E-state index contributed by atoms with van der Waals surface area (Å²) in [6.07, 6.45) is 0. The van der Waals surface area contributed by atoms with Gasteiger partial charge in [-0.25, -0.2) is 8.42 Å². The van der Waals surface area contributed by atoms with Gasteiger partial charge in [0.05, 0.1) is 9.72 Å². The smallest absolute Gasteiger partial charge is 0.192 e. The highest BCUT2D eigenvalue weighted by atomic mass is 79.9. The van der Waals surface area contributed by atoms with E-state index < -0.39 is 14.0 Å². The number of sulfone groups is 1. The predicted molar refractivity (Wildman–Crippen MR) is 58.0 cm³/mol. The number of alkyl halides is 2. The highest BCUT2D eigenvalue weighted by Gasteiger charge is 2.41. The first-order chi connectivity index (χ1) is 6.05. The zero-order chi connectivity index (χ0) is 9.64. The van der Waals surface area contributed by atoms with Crippen molar-refractivity contribution in [3.63, 3.8) is 0 Å². The molecule has 0 aliphatic carbocycles. The highest BCUT2D eigenvalue weighted by molar-refractivity contribution is 9.13. The van der Waals surface area contributed by atoms with Crippen LogP contribution in [0.1, 0.15) is 10.4 Å². The first-order valence-corrected chi connectivity index (χ1v) is 7.04. The van der Waals surface area contributed by atoms with Crippen LogP contribution >= 0.6 is 31.9 Å². The van der Waals surface area contributed by atoms with Crippen molar-refractivity contribution in [3.05, 3.63) is 29.8 Å². The average Bonchev–Trinajstić information content (AvgIpc) is 2.30. The van der Waals surface area contributed by atoms with Crippen LogP contribution in [0, 0.1) is 0 Å². The van der Waals surface area contributed by atoms with E-state index in [-0.39, 0.29) is 4.83 Å². The second-order valence-corrected chi connectivity index (χ2v) is 7.45. The Morgan fingerprint density at radius 3 is 2.38 bits per heavy atom. The van der Waals surface area contributed by atoms with Crippen molar-refractivity contribution in [1.82, 2.24) is 0 Å². The zero-order valence-electron chi connectivity index (χ0n) is 6.44. The van der Waals surface area contributed by atoms with Crippen molar-refractivity contribution in [2.45, 2.75) is 13.9 Å². The third kappa shape index (κ3) is 1.28. The van der Waals surface area contributed by atoms with Crippen molar-refractivity contribution < 1.29 is 8.42 Å². The molecule has 0 saturated carbocycles. The van der Waals surface area contributed by atoms with Gasteiger partial charge in [0.15, 0.2) is 9.84 Å². The fourth-order valence-corrected chi connectivity index (χ4v) is 5.17. The Kier molecular flexibility index (Phi) is 2.28. The number of halogens is 2. The molecule has 5 heteroatoms. The summed E-state index contributed by atoms with van der Waals surface area (Å²) in [6.45, 7) is 0. The molecule has 0 amide bonds. The maximum atomic E-state index is 11.7. The van der Waals surface area contributed by atoms with Crippen molar-refractivity contribution >= 4 is 41.7 Å². The van der Waals surface area contributed by atoms with Gasteiger partial charge in [0.25, 0.3) is 0 Å². The van der Waals surface area contributed by atoms with Crippen molar-refractivity contribution in [3.8, 4) is 0 Å². The fraction of sp³-hybridized carbons (Fsp3) is 0.250. The van der Waals surface area contributed by atoms with E-state index in [1.807, 2.05) is 12.1 Å². The lowest BCUT2D eigenvalue weighted by Gasteiger charge is -2.03. The summed E-state index contributed by atoms with van der Waals surface area (Å²) >= 11 is 6.52. The van der Waals surface area contributed by atoms with Crippen LogP contribution in [0.25, 0.3) is 0 Å². The summed E-state index contributed by atoms with van der Waals surface area (Å²) in [5, 5.41) is 0. The Bertz CT molecular complexity index is 441. The highest BCUT2D eigenvalue weighted by Crippen LogP contribution is 2.46. The maximum absolute atomic E-state index is 11.7. The van der Waals surface area contributed by atoms with E-state index in [1.54, 1.807) is 12.1 Å². The molecule has 0 bridgehead atoms. The van der Waals surface area contributed by atoms with E-state index in [9.17, 15) is 8.42 Å². The lowest BCUT2D eigenvalue weighted by atomic mass is 10.2. The summed E-state index contributed by atoms with van der Waals surface area (Å²) in [5.41, 5.74) is 0.837. The molecule has 0 saturated heterocycles. The van der Waals surface area contributed by atoms with Crippen molar-refractivity contribution in [1.29, 1.82) is 0 Å². The van der Waals surface area contributed by atoms with Gasteiger partial charge in [-0.15, -0.1) is 0 Å². The molecule has 1 aliphatic rings. The number of hydrogen-bond donors (Lipinski definition) is 0. The SMILES string of the molecule is O=S1(=O)c2ccccc2C(Br)C1Br. The molecular formula is C8H6Br2O2S. The minimum Gasteiger partial charge on any atom is -0.222 e. The monoisotopic (exact) mass is 324 g/mol. The Morgan fingerprint density at radius 2 is 1.77 bits per heavy atom. The van der Waals surface area contributed by atoms with E-state index >= 15 is 0 Å². The van der Waals surface area contributed by atoms with Gasteiger partial charge in [-0.2, -0.15) is 0 Å². The van der Waals surface area contributed by atoms with Gasteiger partial charge in [0.1, 0.15) is 4.16 Å². The molecule has 1 aromatic rings. The Morgan fingerprint density at radius 1 is 1.15 bits per heavy atom. The summed E-state index contributed by atoms with van der Waals surface area (Å²) in [5.74, 6) is 0. The molecule has 0 fully saturated rings. The molecule has 1 heterocycles. The molecule has 0 aromatic heterocycles. The second-order valence-electron chi connectivity index (χ2n) is 2.84. The molecule has 13 heavy (non-hydrogen) atoms. The largest absolute Gasteiger partial charge is 0.222 e. The third-order valence-electron chi connectivity index (χ3n) is 2.05. The van der Waals surface area contributed by atoms with E-state index in [0.29, 0.717) is 4.90 Å². The standard InChI is InChI=1S/C8H6Br2O2S/c9-7-5-3-1-2-4-6(5)13(11,12)8(7)10/h1-4,7-8H. The lowest BCUT2D eigenvalue weighted by molar-refractivity contribution is 0.598. The van der Waals surface area contributed by atoms with Gasteiger partial charge >= 0.3 is 0 Å².